The first-order chi connectivity index (χ1) is 22.2. The Labute approximate surface area is 274 Å². The predicted molar refractivity (Wildman–Crippen MR) is 173 cm³/mol. The van der Waals surface area contributed by atoms with E-state index in [1.165, 1.54) is 9.80 Å². The van der Waals surface area contributed by atoms with Gasteiger partial charge in [-0.15, -0.1) is 13.2 Å². The maximum absolute atomic E-state index is 14.6. The lowest BCUT2D eigenvalue weighted by molar-refractivity contribution is -0.160. The molecule has 2 aromatic carbocycles. The summed E-state index contributed by atoms with van der Waals surface area (Å²) in [6, 6.07) is 13.3. The number of ether oxygens (including phenoxy) is 2. The van der Waals surface area contributed by atoms with Crippen molar-refractivity contribution in [2.75, 3.05) is 31.1 Å². The van der Waals surface area contributed by atoms with Crippen LogP contribution in [0, 0.1) is 18.8 Å². The Kier molecular flexibility index (Phi) is 10.3. The Balaban J connectivity index is 1.45. The van der Waals surface area contributed by atoms with Crippen molar-refractivity contribution in [1.29, 1.82) is 0 Å². The molecule has 244 valence electrons. The van der Waals surface area contributed by atoms with Crippen LogP contribution in [0.25, 0.3) is 0 Å². The number of hydrogen-bond donors (Lipinski definition) is 2. The summed E-state index contributed by atoms with van der Waals surface area (Å²) in [6.07, 6.45) is 3.37. The zero-order valence-corrected chi connectivity index (χ0v) is 26.7. The summed E-state index contributed by atoms with van der Waals surface area (Å²) >= 11 is 6.59. The minimum atomic E-state index is -1.30. The van der Waals surface area contributed by atoms with Gasteiger partial charge in [-0.2, -0.15) is 0 Å². The molecule has 6 atom stereocenters. The van der Waals surface area contributed by atoms with E-state index in [0.29, 0.717) is 35.5 Å². The fourth-order valence-corrected chi connectivity index (χ4v) is 7.55. The summed E-state index contributed by atoms with van der Waals surface area (Å²) in [4.78, 5) is 58.0. The second kappa shape index (κ2) is 14.2. The summed E-state index contributed by atoms with van der Waals surface area (Å²) in [5.74, 6) is -3.68. The van der Waals surface area contributed by atoms with Crippen LogP contribution in [0.5, 0.6) is 0 Å². The van der Waals surface area contributed by atoms with Crippen molar-refractivity contribution in [3.05, 3.63) is 90.0 Å². The van der Waals surface area contributed by atoms with Gasteiger partial charge in [0, 0.05) is 19.5 Å². The molecule has 3 fully saturated rings. The number of amides is 3. The molecular weight excluding hydrogens is 610 g/mol. The van der Waals surface area contributed by atoms with Crippen LogP contribution >= 0.6 is 11.6 Å². The SMILES string of the molecule is C=CCCC(=O)NC[C@H](OC(=O)[C@@H]1[C@@H]2CC[C@]3(O2)[C@H](C(=O)N(CC=C)c2c(C)cccc2Cl)N(CCO)C(=O)[C@@H]13)c1ccccc1. The van der Waals surface area contributed by atoms with Gasteiger partial charge in [-0.25, -0.2) is 0 Å². The third-order valence-corrected chi connectivity index (χ3v) is 9.48. The third-order valence-electron chi connectivity index (χ3n) is 9.17. The number of aliphatic hydroxyl groups is 1. The van der Waals surface area contributed by atoms with Crippen molar-refractivity contribution in [3.63, 3.8) is 0 Å². The minimum absolute atomic E-state index is 0.0409. The van der Waals surface area contributed by atoms with Crippen molar-refractivity contribution < 1.29 is 33.8 Å². The molecule has 0 aromatic heterocycles. The third kappa shape index (κ3) is 6.09. The Morgan fingerprint density at radius 3 is 2.63 bits per heavy atom. The zero-order chi connectivity index (χ0) is 33.0. The van der Waals surface area contributed by atoms with Crippen LogP contribution in [0.2, 0.25) is 5.02 Å². The number of anilines is 1. The van der Waals surface area contributed by atoms with Crippen LogP contribution in [0.4, 0.5) is 5.69 Å². The number of β-amino-alcohol motifs (C(OH)–C–C–N with tert-alkyl or cyclic N) is 1. The topological polar surface area (TPSA) is 125 Å². The molecule has 0 unspecified atom stereocenters. The van der Waals surface area contributed by atoms with E-state index in [4.69, 9.17) is 21.1 Å². The summed E-state index contributed by atoms with van der Waals surface area (Å²) in [5, 5.41) is 13.2. The number of esters is 1. The first kappa shape index (κ1) is 33.4. The van der Waals surface area contributed by atoms with E-state index in [0.717, 1.165) is 5.56 Å². The molecular formula is C35H40ClN3O7. The first-order valence-electron chi connectivity index (χ1n) is 15.6. The maximum atomic E-state index is 14.6. The highest BCUT2D eigenvalue weighted by Crippen LogP contribution is 2.59. The van der Waals surface area contributed by atoms with Crippen molar-refractivity contribution in [1.82, 2.24) is 10.2 Å². The van der Waals surface area contributed by atoms with Crippen molar-refractivity contribution in [2.45, 2.75) is 56.5 Å². The molecule has 3 saturated heterocycles. The number of hydrogen-bond acceptors (Lipinski definition) is 7. The number of carbonyl (C=O) groups excluding carboxylic acids is 4. The molecule has 11 heteroatoms. The lowest BCUT2D eigenvalue weighted by atomic mass is 9.70. The van der Waals surface area contributed by atoms with Crippen molar-refractivity contribution in [3.8, 4) is 0 Å². The average Bonchev–Trinajstić information content (AvgIpc) is 3.69. The van der Waals surface area contributed by atoms with Gasteiger partial charge in [-0.05, 0) is 43.4 Å². The number of fused-ring (bicyclic) bond motifs is 1. The number of aryl methyl sites for hydroxylation is 1. The van der Waals surface area contributed by atoms with Gasteiger partial charge in [-0.3, -0.25) is 19.2 Å². The molecule has 3 heterocycles. The van der Waals surface area contributed by atoms with E-state index < -0.39 is 53.5 Å². The quantitative estimate of drug-likeness (QED) is 0.235. The van der Waals surface area contributed by atoms with E-state index in [2.05, 4.69) is 18.5 Å². The molecule has 2 aromatic rings. The summed E-state index contributed by atoms with van der Waals surface area (Å²) in [5.41, 5.74) is 0.639. The van der Waals surface area contributed by atoms with Gasteiger partial charge in [0.25, 0.3) is 5.91 Å². The number of nitrogens with zero attached hydrogens (tertiary/aromatic N) is 2. The molecule has 3 aliphatic heterocycles. The van der Waals surface area contributed by atoms with Crippen LogP contribution in [-0.4, -0.2) is 77.7 Å². The maximum Gasteiger partial charge on any atom is 0.313 e. The lowest BCUT2D eigenvalue weighted by Crippen LogP contribution is -2.57. The highest BCUT2D eigenvalue weighted by atomic mass is 35.5. The van der Waals surface area contributed by atoms with Crippen molar-refractivity contribution >= 4 is 41.0 Å². The number of rotatable bonds is 14. The molecule has 3 aliphatic rings. The normalized spacial score (nSPS) is 25.1. The fourth-order valence-electron chi connectivity index (χ4n) is 7.22. The van der Waals surface area contributed by atoms with Gasteiger partial charge in [-0.1, -0.05) is 66.2 Å². The summed E-state index contributed by atoms with van der Waals surface area (Å²) in [7, 11) is 0. The number of para-hydroxylation sites is 1. The molecule has 1 spiro atoms. The molecule has 0 radical (unpaired) electrons. The molecule has 5 rings (SSSR count). The van der Waals surface area contributed by atoms with Crippen LogP contribution in [0.3, 0.4) is 0 Å². The van der Waals surface area contributed by atoms with E-state index in [1.54, 1.807) is 36.4 Å². The lowest BCUT2D eigenvalue weighted by Gasteiger charge is -2.37. The molecule has 3 amide bonds. The van der Waals surface area contributed by atoms with Crippen LogP contribution in [0.15, 0.2) is 73.8 Å². The van der Waals surface area contributed by atoms with Gasteiger partial charge < -0.3 is 29.7 Å². The molecule has 2 N–H and O–H groups in total. The molecule has 10 nitrogen and oxygen atoms in total. The monoisotopic (exact) mass is 649 g/mol. The Bertz CT molecular complexity index is 1480. The Morgan fingerprint density at radius 2 is 1.96 bits per heavy atom. The largest absolute Gasteiger partial charge is 0.455 e. The average molecular weight is 650 g/mol. The number of benzene rings is 2. The van der Waals surface area contributed by atoms with Crippen LogP contribution in [0.1, 0.15) is 42.9 Å². The Hall–Kier alpha value is -3.99. The highest BCUT2D eigenvalue weighted by Gasteiger charge is 2.75. The fraction of sp³-hybridized carbons (Fsp3) is 0.429. The smallest absolute Gasteiger partial charge is 0.313 e. The van der Waals surface area contributed by atoms with E-state index >= 15 is 0 Å². The predicted octanol–water partition coefficient (Wildman–Crippen LogP) is 3.90. The van der Waals surface area contributed by atoms with E-state index in [1.807, 2.05) is 31.2 Å². The van der Waals surface area contributed by atoms with Crippen LogP contribution in [-0.2, 0) is 28.7 Å². The Morgan fingerprint density at radius 1 is 1.20 bits per heavy atom. The second-order valence-corrected chi connectivity index (χ2v) is 12.3. The number of nitrogens with one attached hydrogen (secondary N) is 1. The van der Waals surface area contributed by atoms with E-state index in [-0.39, 0.29) is 38.6 Å². The summed E-state index contributed by atoms with van der Waals surface area (Å²) in [6.45, 7) is 8.97. The number of carbonyl (C=O) groups is 4. The molecule has 46 heavy (non-hydrogen) atoms. The van der Waals surface area contributed by atoms with E-state index in [9.17, 15) is 24.3 Å². The second-order valence-electron chi connectivity index (χ2n) is 11.9. The van der Waals surface area contributed by atoms with Gasteiger partial charge in [0.1, 0.15) is 17.7 Å². The van der Waals surface area contributed by atoms with Gasteiger partial charge in [0.2, 0.25) is 11.8 Å². The first-order valence-corrected chi connectivity index (χ1v) is 16.0. The number of aliphatic hydroxyl groups excluding tert-OH is 1. The molecule has 0 saturated carbocycles. The summed E-state index contributed by atoms with van der Waals surface area (Å²) < 4.78 is 12.6. The van der Waals surface area contributed by atoms with Crippen molar-refractivity contribution in [2.24, 2.45) is 11.8 Å². The van der Waals surface area contributed by atoms with Gasteiger partial charge in [0.05, 0.1) is 41.8 Å². The zero-order valence-electron chi connectivity index (χ0n) is 25.9. The minimum Gasteiger partial charge on any atom is -0.455 e. The number of allylic oxidation sites excluding steroid dienone is 1. The highest BCUT2D eigenvalue weighted by molar-refractivity contribution is 6.34. The number of likely N-dealkylation sites (tertiary alicyclic amines) is 1. The van der Waals surface area contributed by atoms with Gasteiger partial charge >= 0.3 is 5.97 Å². The van der Waals surface area contributed by atoms with Crippen LogP contribution < -0.4 is 10.2 Å². The standard InChI is InChI=1S/C35H40ClN3O7/c1-4-6-15-27(41)37-21-26(23-12-8-7-9-13-23)45-34(44)28-25-16-17-35(46-25)29(28)32(42)39(19-20-40)31(35)33(43)38(18-5-2)30-22(3)11-10-14-24(30)36/h4-5,7-14,25-26,28-29,31,40H,1-2,6,15-21H2,3H3,(H,37,41)/t25-,26-,28+,29+,31-,35+/m0/s1. The number of halogens is 1. The van der Waals surface area contributed by atoms with Gasteiger partial charge in [0.15, 0.2) is 0 Å². The molecule has 2 bridgehead atoms. The molecule has 0 aliphatic carbocycles.